The minimum absolute atomic E-state index is 0.0877. The second kappa shape index (κ2) is 8.31. The Hall–Kier alpha value is -4.13. The van der Waals surface area contributed by atoms with Gasteiger partial charge in [0, 0.05) is 17.3 Å². The lowest BCUT2D eigenvalue weighted by molar-refractivity contribution is -0.115. The van der Waals surface area contributed by atoms with Crippen LogP contribution in [0.1, 0.15) is 26.3 Å². The van der Waals surface area contributed by atoms with Crippen LogP contribution in [0, 0.1) is 0 Å². The minimum atomic E-state index is -0.382. The van der Waals surface area contributed by atoms with Crippen LogP contribution >= 0.6 is 0 Å². The molecule has 31 heavy (non-hydrogen) atoms. The van der Waals surface area contributed by atoms with Crippen LogP contribution in [0.4, 0.5) is 11.4 Å². The number of carbonyl (C=O) groups excluding carboxylic acids is 3. The highest BCUT2D eigenvalue weighted by Gasteiger charge is 2.36. The lowest BCUT2D eigenvalue weighted by Gasteiger charge is -2.15. The molecule has 0 aliphatic carbocycles. The van der Waals surface area contributed by atoms with Crippen molar-refractivity contribution in [3.8, 4) is 11.5 Å². The van der Waals surface area contributed by atoms with Gasteiger partial charge in [-0.25, -0.2) is 4.90 Å². The number of rotatable bonds is 6. The second-order valence-electron chi connectivity index (χ2n) is 6.94. The third-order valence-corrected chi connectivity index (χ3v) is 5.03. The highest BCUT2D eigenvalue weighted by molar-refractivity contribution is 6.34. The largest absolute Gasteiger partial charge is 0.497 e. The molecule has 0 fully saturated rings. The van der Waals surface area contributed by atoms with Gasteiger partial charge in [-0.05, 0) is 36.4 Å². The lowest BCUT2D eigenvalue weighted by atomic mass is 10.1. The van der Waals surface area contributed by atoms with E-state index < -0.39 is 0 Å². The van der Waals surface area contributed by atoms with Gasteiger partial charge in [0.2, 0.25) is 5.91 Å². The van der Waals surface area contributed by atoms with E-state index in [1.807, 2.05) is 0 Å². The highest BCUT2D eigenvalue weighted by atomic mass is 16.5. The molecule has 1 N–H and O–H groups in total. The maximum Gasteiger partial charge on any atom is 0.266 e. The molecule has 1 heterocycles. The molecular weight excluding hydrogens is 396 g/mol. The van der Waals surface area contributed by atoms with Crippen molar-refractivity contribution in [3.63, 3.8) is 0 Å². The number of fused-ring (bicyclic) bond motifs is 1. The summed E-state index contributed by atoms with van der Waals surface area (Å²) in [5.41, 5.74) is 2.32. The summed E-state index contributed by atoms with van der Waals surface area (Å²) in [6.45, 7) is 0. The molecule has 3 aromatic carbocycles. The van der Waals surface area contributed by atoms with E-state index in [-0.39, 0.29) is 24.1 Å². The first-order chi connectivity index (χ1) is 15.0. The van der Waals surface area contributed by atoms with Gasteiger partial charge in [0.05, 0.1) is 37.5 Å². The quantitative estimate of drug-likeness (QED) is 0.620. The van der Waals surface area contributed by atoms with Crippen LogP contribution < -0.4 is 19.7 Å². The van der Waals surface area contributed by atoms with Gasteiger partial charge in [0.25, 0.3) is 11.8 Å². The maximum absolute atomic E-state index is 12.7. The number of imide groups is 1. The van der Waals surface area contributed by atoms with E-state index in [1.165, 1.54) is 7.11 Å². The predicted octanol–water partition coefficient (Wildman–Crippen LogP) is 3.69. The summed E-state index contributed by atoms with van der Waals surface area (Å²) < 4.78 is 10.5. The molecule has 0 radical (unpaired) electrons. The van der Waals surface area contributed by atoms with Crippen LogP contribution in [0.3, 0.4) is 0 Å². The molecule has 1 aliphatic rings. The number of nitrogens with one attached hydrogen (secondary N) is 1. The molecule has 0 saturated heterocycles. The first-order valence-electron chi connectivity index (χ1n) is 9.60. The third kappa shape index (κ3) is 3.85. The van der Waals surface area contributed by atoms with Crippen molar-refractivity contribution in [2.45, 2.75) is 6.42 Å². The van der Waals surface area contributed by atoms with E-state index in [2.05, 4.69) is 5.32 Å². The molecule has 156 valence electrons. The Bertz CT molecular complexity index is 1150. The van der Waals surface area contributed by atoms with Crippen molar-refractivity contribution in [1.29, 1.82) is 0 Å². The third-order valence-electron chi connectivity index (χ3n) is 5.03. The fraction of sp³-hybridized carbons (Fsp3) is 0.125. The van der Waals surface area contributed by atoms with Crippen molar-refractivity contribution < 1.29 is 23.9 Å². The summed E-state index contributed by atoms with van der Waals surface area (Å²) in [6, 6.07) is 18.6. The highest BCUT2D eigenvalue weighted by Crippen LogP contribution is 2.30. The summed E-state index contributed by atoms with van der Waals surface area (Å²) in [7, 11) is 3.09. The standard InChI is InChI=1S/C24H20N2O5/c1-30-18-11-10-15(21(14-18)31-2)12-22(27)25-16-6-5-7-17(13-16)26-23(28)19-8-3-4-9-20(19)24(26)29/h3-11,13-14H,12H2,1-2H3,(H,25,27). The Morgan fingerprint density at radius 2 is 1.58 bits per heavy atom. The zero-order valence-corrected chi connectivity index (χ0v) is 17.0. The minimum Gasteiger partial charge on any atom is -0.497 e. The van der Waals surface area contributed by atoms with Gasteiger partial charge in [0.15, 0.2) is 0 Å². The molecule has 0 spiro atoms. The van der Waals surface area contributed by atoms with Crippen LogP contribution in [0.5, 0.6) is 11.5 Å². The van der Waals surface area contributed by atoms with Crippen molar-refractivity contribution in [1.82, 2.24) is 0 Å². The smallest absolute Gasteiger partial charge is 0.266 e. The van der Waals surface area contributed by atoms with Gasteiger partial charge in [-0.15, -0.1) is 0 Å². The first-order valence-corrected chi connectivity index (χ1v) is 9.60. The number of methoxy groups -OCH3 is 2. The Morgan fingerprint density at radius 3 is 2.23 bits per heavy atom. The van der Waals surface area contributed by atoms with E-state index in [0.717, 1.165) is 4.90 Å². The summed E-state index contributed by atoms with van der Waals surface area (Å²) in [5, 5.41) is 2.81. The van der Waals surface area contributed by atoms with Gasteiger partial charge < -0.3 is 14.8 Å². The summed E-state index contributed by atoms with van der Waals surface area (Å²) >= 11 is 0. The topological polar surface area (TPSA) is 84.9 Å². The molecular formula is C24H20N2O5. The number of hydrogen-bond donors (Lipinski definition) is 1. The van der Waals surface area contributed by atoms with Crippen LogP contribution in [0.25, 0.3) is 0 Å². The molecule has 1 aliphatic heterocycles. The number of anilines is 2. The summed E-state index contributed by atoms with van der Waals surface area (Å²) in [5.74, 6) is 0.158. The van der Waals surface area contributed by atoms with Gasteiger partial charge in [-0.2, -0.15) is 0 Å². The molecule has 0 bridgehead atoms. The van der Waals surface area contributed by atoms with Crippen molar-refractivity contribution in [3.05, 3.63) is 83.4 Å². The number of ether oxygens (including phenoxy) is 2. The number of carbonyl (C=O) groups is 3. The van der Waals surface area contributed by atoms with E-state index in [9.17, 15) is 14.4 Å². The van der Waals surface area contributed by atoms with Crippen molar-refractivity contribution >= 4 is 29.1 Å². The SMILES string of the molecule is COc1ccc(CC(=O)Nc2cccc(N3C(=O)c4ccccc4C3=O)c2)c(OC)c1. The Morgan fingerprint density at radius 1 is 0.871 bits per heavy atom. The summed E-state index contributed by atoms with van der Waals surface area (Å²) in [4.78, 5) is 39.1. The molecule has 3 aromatic rings. The van der Waals surface area contributed by atoms with Crippen LogP contribution in [-0.2, 0) is 11.2 Å². The number of hydrogen-bond acceptors (Lipinski definition) is 5. The summed E-state index contributed by atoms with van der Waals surface area (Å²) in [6.07, 6.45) is 0.0877. The van der Waals surface area contributed by atoms with Crippen LogP contribution in [-0.4, -0.2) is 31.9 Å². The van der Waals surface area contributed by atoms with Crippen molar-refractivity contribution in [2.75, 3.05) is 24.4 Å². The van der Waals surface area contributed by atoms with E-state index in [1.54, 1.807) is 73.8 Å². The average molecular weight is 416 g/mol. The molecule has 0 atom stereocenters. The Balaban J connectivity index is 1.52. The Kier molecular flexibility index (Phi) is 5.41. The lowest BCUT2D eigenvalue weighted by Crippen LogP contribution is -2.29. The van der Waals surface area contributed by atoms with Crippen LogP contribution in [0.15, 0.2) is 66.7 Å². The second-order valence-corrected chi connectivity index (χ2v) is 6.94. The Labute approximate surface area is 179 Å². The number of nitrogens with zero attached hydrogens (tertiary/aromatic N) is 1. The van der Waals surface area contributed by atoms with Gasteiger partial charge in [-0.1, -0.05) is 24.3 Å². The number of benzene rings is 3. The molecule has 0 saturated carbocycles. The fourth-order valence-electron chi connectivity index (χ4n) is 3.52. The maximum atomic E-state index is 12.7. The zero-order valence-electron chi connectivity index (χ0n) is 17.0. The zero-order chi connectivity index (χ0) is 22.0. The molecule has 0 unspecified atom stereocenters. The predicted molar refractivity (Wildman–Crippen MR) is 116 cm³/mol. The molecule has 0 aromatic heterocycles. The normalized spacial score (nSPS) is 12.5. The molecule has 3 amide bonds. The fourth-order valence-corrected chi connectivity index (χ4v) is 3.52. The number of amides is 3. The van der Waals surface area contributed by atoms with Gasteiger partial charge in [-0.3, -0.25) is 14.4 Å². The van der Waals surface area contributed by atoms with Gasteiger partial charge in [0.1, 0.15) is 11.5 Å². The monoisotopic (exact) mass is 416 g/mol. The van der Waals surface area contributed by atoms with E-state index in [0.29, 0.717) is 39.6 Å². The van der Waals surface area contributed by atoms with Gasteiger partial charge >= 0.3 is 0 Å². The van der Waals surface area contributed by atoms with E-state index >= 15 is 0 Å². The average Bonchev–Trinajstić information content (AvgIpc) is 3.04. The molecule has 7 heteroatoms. The van der Waals surface area contributed by atoms with E-state index in [4.69, 9.17) is 9.47 Å². The first kappa shape index (κ1) is 20.2. The van der Waals surface area contributed by atoms with Crippen molar-refractivity contribution in [2.24, 2.45) is 0 Å². The molecule has 4 rings (SSSR count). The van der Waals surface area contributed by atoms with Crippen LogP contribution in [0.2, 0.25) is 0 Å². The molecule has 7 nitrogen and oxygen atoms in total.